The fourth-order valence-corrected chi connectivity index (χ4v) is 2.50. The first-order valence-corrected chi connectivity index (χ1v) is 7.36. The van der Waals surface area contributed by atoms with Crippen molar-refractivity contribution in [3.63, 3.8) is 0 Å². The van der Waals surface area contributed by atoms with Gasteiger partial charge >= 0.3 is 0 Å². The Hall–Kier alpha value is -1.91. The summed E-state index contributed by atoms with van der Waals surface area (Å²) in [4.78, 5) is 12.5. The first kappa shape index (κ1) is 14.5. The Morgan fingerprint density at radius 2 is 2.05 bits per heavy atom. The summed E-state index contributed by atoms with van der Waals surface area (Å²) in [6.07, 6.45) is 3.29. The lowest BCUT2D eigenvalue weighted by Gasteiger charge is -2.08. The fourth-order valence-electron chi connectivity index (χ4n) is 1.75. The van der Waals surface area contributed by atoms with Gasteiger partial charge in [0.05, 0.1) is 6.10 Å². The Morgan fingerprint density at radius 3 is 2.75 bits per heavy atom. The molecule has 1 aromatic carbocycles. The molecule has 2 aromatic rings. The monoisotopic (exact) mass is 287 g/mol. The molecule has 3 nitrogen and oxygen atoms in total. The molecule has 0 spiro atoms. The van der Waals surface area contributed by atoms with Crippen LogP contribution in [0.2, 0.25) is 0 Å². The third-order valence-corrected chi connectivity index (χ3v) is 3.79. The van der Waals surface area contributed by atoms with Crippen molar-refractivity contribution in [3.8, 4) is 0 Å². The van der Waals surface area contributed by atoms with Gasteiger partial charge in [0.25, 0.3) is 0 Å². The molecule has 1 unspecified atom stereocenters. The van der Waals surface area contributed by atoms with Gasteiger partial charge in [0, 0.05) is 17.5 Å². The summed E-state index contributed by atoms with van der Waals surface area (Å²) in [6.45, 7) is 0.455. The Balaban J connectivity index is 1.72. The fraction of sp³-hybridized carbons (Fsp3) is 0.188. The summed E-state index contributed by atoms with van der Waals surface area (Å²) < 4.78 is 0. The summed E-state index contributed by atoms with van der Waals surface area (Å²) in [7, 11) is 0. The van der Waals surface area contributed by atoms with E-state index in [0.29, 0.717) is 13.0 Å². The van der Waals surface area contributed by atoms with Gasteiger partial charge in [0.1, 0.15) is 0 Å². The zero-order valence-corrected chi connectivity index (χ0v) is 11.8. The van der Waals surface area contributed by atoms with Crippen LogP contribution >= 0.6 is 11.3 Å². The quantitative estimate of drug-likeness (QED) is 0.802. The van der Waals surface area contributed by atoms with E-state index in [0.717, 1.165) is 10.4 Å². The summed E-state index contributed by atoms with van der Waals surface area (Å²) in [5.41, 5.74) is 0.987. The Morgan fingerprint density at radius 1 is 1.25 bits per heavy atom. The largest absolute Gasteiger partial charge is 0.388 e. The lowest BCUT2D eigenvalue weighted by atomic mass is 10.2. The Bertz CT molecular complexity index is 549. The SMILES string of the molecule is O=C(/C=C/c1ccccc1)NCCC(O)c1cccs1. The van der Waals surface area contributed by atoms with Crippen LogP contribution in [0.15, 0.2) is 53.9 Å². The van der Waals surface area contributed by atoms with Gasteiger partial charge in [-0.15, -0.1) is 11.3 Å². The number of hydrogen-bond acceptors (Lipinski definition) is 3. The van der Waals surface area contributed by atoms with Crippen LogP contribution in [0.4, 0.5) is 0 Å². The van der Waals surface area contributed by atoms with E-state index in [-0.39, 0.29) is 5.91 Å². The van der Waals surface area contributed by atoms with Crippen LogP contribution in [0.3, 0.4) is 0 Å². The minimum atomic E-state index is -0.506. The van der Waals surface area contributed by atoms with E-state index in [1.807, 2.05) is 47.8 Å². The van der Waals surface area contributed by atoms with Gasteiger partial charge in [0.2, 0.25) is 5.91 Å². The zero-order chi connectivity index (χ0) is 14.2. The van der Waals surface area contributed by atoms with Gasteiger partial charge in [0.15, 0.2) is 0 Å². The number of nitrogens with one attached hydrogen (secondary N) is 1. The van der Waals surface area contributed by atoms with Gasteiger partial charge in [-0.3, -0.25) is 4.79 Å². The molecule has 1 atom stereocenters. The summed E-state index contributed by atoms with van der Waals surface area (Å²) in [5.74, 6) is -0.146. The highest BCUT2D eigenvalue weighted by Gasteiger charge is 2.08. The number of carbonyl (C=O) groups is 1. The lowest BCUT2D eigenvalue weighted by Crippen LogP contribution is -2.23. The van der Waals surface area contributed by atoms with Gasteiger partial charge in [-0.25, -0.2) is 0 Å². The first-order chi connectivity index (χ1) is 9.75. The lowest BCUT2D eigenvalue weighted by molar-refractivity contribution is -0.116. The van der Waals surface area contributed by atoms with Gasteiger partial charge < -0.3 is 10.4 Å². The van der Waals surface area contributed by atoms with Gasteiger partial charge in [-0.2, -0.15) is 0 Å². The highest BCUT2D eigenvalue weighted by atomic mass is 32.1. The standard InChI is InChI=1S/C16H17NO2S/c18-14(15-7-4-12-20-15)10-11-17-16(19)9-8-13-5-2-1-3-6-13/h1-9,12,14,18H,10-11H2,(H,17,19)/b9-8+. The number of carbonyl (C=O) groups excluding carboxylic acids is 1. The van der Waals surface area contributed by atoms with E-state index in [2.05, 4.69) is 5.32 Å². The van der Waals surface area contributed by atoms with Crippen molar-refractivity contribution < 1.29 is 9.90 Å². The van der Waals surface area contributed by atoms with Crippen molar-refractivity contribution in [2.75, 3.05) is 6.54 Å². The van der Waals surface area contributed by atoms with Crippen molar-refractivity contribution >= 4 is 23.3 Å². The Kier molecular flexibility index (Phi) is 5.53. The summed E-state index contributed by atoms with van der Waals surface area (Å²) in [6, 6.07) is 13.5. The average molecular weight is 287 g/mol. The molecule has 0 radical (unpaired) electrons. The molecule has 0 saturated carbocycles. The van der Waals surface area contributed by atoms with E-state index < -0.39 is 6.10 Å². The van der Waals surface area contributed by atoms with Crippen molar-refractivity contribution in [2.24, 2.45) is 0 Å². The van der Waals surface area contributed by atoms with Crippen molar-refractivity contribution in [1.29, 1.82) is 0 Å². The van der Waals surface area contributed by atoms with Crippen molar-refractivity contribution in [1.82, 2.24) is 5.32 Å². The highest BCUT2D eigenvalue weighted by molar-refractivity contribution is 7.10. The molecule has 2 rings (SSSR count). The van der Waals surface area contributed by atoms with Crippen molar-refractivity contribution in [3.05, 3.63) is 64.4 Å². The van der Waals surface area contributed by atoms with E-state index in [1.54, 1.807) is 6.08 Å². The molecular weight excluding hydrogens is 270 g/mol. The number of thiophene rings is 1. The summed E-state index contributed by atoms with van der Waals surface area (Å²) in [5, 5.41) is 14.6. The molecule has 1 aromatic heterocycles. The molecule has 0 bridgehead atoms. The van der Waals surface area contributed by atoms with E-state index in [9.17, 15) is 9.90 Å². The minimum absolute atomic E-state index is 0.146. The average Bonchev–Trinajstić information content (AvgIpc) is 3.00. The number of rotatable bonds is 6. The number of hydrogen-bond donors (Lipinski definition) is 2. The predicted octanol–water partition coefficient (Wildman–Crippen LogP) is 3.00. The van der Waals surface area contributed by atoms with Crippen molar-refractivity contribution in [2.45, 2.75) is 12.5 Å². The van der Waals surface area contributed by atoms with Gasteiger partial charge in [-0.05, 0) is 29.5 Å². The second kappa shape index (κ2) is 7.62. The van der Waals surface area contributed by atoms with Crippen LogP contribution in [-0.2, 0) is 4.79 Å². The first-order valence-electron chi connectivity index (χ1n) is 6.48. The second-order valence-electron chi connectivity index (χ2n) is 4.35. The van der Waals surface area contributed by atoms with Crippen LogP contribution in [0.5, 0.6) is 0 Å². The number of benzene rings is 1. The molecule has 1 amide bonds. The minimum Gasteiger partial charge on any atom is -0.388 e. The smallest absolute Gasteiger partial charge is 0.244 e. The highest BCUT2D eigenvalue weighted by Crippen LogP contribution is 2.20. The third-order valence-electron chi connectivity index (χ3n) is 2.82. The Labute approximate surface area is 122 Å². The van der Waals surface area contributed by atoms with Crippen LogP contribution in [0.1, 0.15) is 23.0 Å². The number of aliphatic hydroxyl groups excluding tert-OH is 1. The second-order valence-corrected chi connectivity index (χ2v) is 5.33. The molecule has 0 saturated heterocycles. The molecule has 0 aliphatic heterocycles. The zero-order valence-electron chi connectivity index (χ0n) is 11.0. The van der Waals surface area contributed by atoms with Crippen LogP contribution in [0, 0.1) is 0 Å². The third kappa shape index (κ3) is 4.64. The van der Waals surface area contributed by atoms with Crippen LogP contribution < -0.4 is 5.32 Å². The maximum Gasteiger partial charge on any atom is 0.244 e. The molecular formula is C16H17NO2S. The molecule has 1 heterocycles. The molecule has 0 fully saturated rings. The molecule has 0 aliphatic carbocycles. The van der Waals surface area contributed by atoms with Gasteiger partial charge in [-0.1, -0.05) is 36.4 Å². The van der Waals surface area contributed by atoms with Crippen LogP contribution in [-0.4, -0.2) is 17.6 Å². The van der Waals surface area contributed by atoms with E-state index in [1.165, 1.54) is 17.4 Å². The topological polar surface area (TPSA) is 49.3 Å². The molecule has 20 heavy (non-hydrogen) atoms. The molecule has 2 N–H and O–H groups in total. The summed E-state index contributed by atoms with van der Waals surface area (Å²) >= 11 is 1.52. The number of aliphatic hydroxyl groups is 1. The molecule has 4 heteroatoms. The maximum atomic E-state index is 11.6. The maximum absolute atomic E-state index is 11.6. The normalized spacial score (nSPS) is 12.4. The van der Waals surface area contributed by atoms with Crippen LogP contribution in [0.25, 0.3) is 6.08 Å². The molecule has 104 valence electrons. The number of amides is 1. The predicted molar refractivity (Wildman–Crippen MR) is 82.4 cm³/mol. The molecule has 0 aliphatic rings. The van der Waals surface area contributed by atoms with E-state index in [4.69, 9.17) is 0 Å². The van der Waals surface area contributed by atoms with E-state index >= 15 is 0 Å².